The number of rotatable bonds is 8. The van der Waals surface area contributed by atoms with Gasteiger partial charge in [0.2, 0.25) is 5.91 Å². The molecule has 1 heterocycles. The van der Waals surface area contributed by atoms with Crippen molar-refractivity contribution >= 4 is 11.8 Å². The number of furan rings is 1. The third-order valence-electron chi connectivity index (χ3n) is 6.71. The molecule has 1 fully saturated rings. The highest BCUT2D eigenvalue weighted by Crippen LogP contribution is 2.28. The van der Waals surface area contributed by atoms with Crippen LogP contribution in [-0.4, -0.2) is 29.3 Å². The highest BCUT2D eigenvalue weighted by molar-refractivity contribution is 5.96. The highest BCUT2D eigenvalue weighted by atomic mass is 16.3. The number of nitrogens with one attached hydrogen (secondary N) is 1. The summed E-state index contributed by atoms with van der Waals surface area (Å²) in [7, 11) is 0. The van der Waals surface area contributed by atoms with E-state index in [0.29, 0.717) is 6.54 Å². The van der Waals surface area contributed by atoms with Crippen LogP contribution in [0.25, 0.3) is 0 Å². The summed E-state index contributed by atoms with van der Waals surface area (Å²) in [4.78, 5) is 28.8. The Morgan fingerprint density at radius 1 is 1.09 bits per heavy atom. The zero-order valence-electron chi connectivity index (χ0n) is 19.0. The lowest BCUT2D eigenvalue weighted by molar-refractivity contribution is -0.126. The van der Waals surface area contributed by atoms with Gasteiger partial charge in [0.15, 0.2) is 5.76 Å². The van der Waals surface area contributed by atoms with Gasteiger partial charge in [0.05, 0.1) is 6.26 Å². The van der Waals surface area contributed by atoms with Gasteiger partial charge in [-0.2, -0.15) is 0 Å². The SMILES string of the molecule is Cc1ccc(C(C(=O)NC2CCCC2)N(CCC2=CCCCC2)C(=O)c2ccco2)cc1. The van der Waals surface area contributed by atoms with E-state index >= 15 is 0 Å². The summed E-state index contributed by atoms with van der Waals surface area (Å²) in [5.41, 5.74) is 3.34. The topological polar surface area (TPSA) is 62.6 Å². The minimum absolute atomic E-state index is 0.0988. The number of benzene rings is 1. The van der Waals surface area contributed by atoms with E-state index in [2.05, 4.69) is 11.4 Å². The van der Waals surface area contributed by atoms with Crippen LogP contribution in [0.5, 0.6) is 0 Å². The Kier molecular flexibility index (Phi) is 7.46. The van der Waals surface area contributed by atoms with Gasteiger partial charge in [-0.25, -0.2) is 0 Å². The van der Waals surface area contributed by atoms with Crippen LogP contribution < -0.4 is 5.32 Å². The normalized spacial score (nSPS) is 17.6. The second kappa shape index (κ2) is 10.7. The van der Waals surface area contributed by atoms with Crippen molar-refractivity contribution in [1.82, 2.24) is 10.2 Å². The number of allylic oxidation sites excluding steroid dienone is 1. The molecule has 2 aromatic rings. The Morgan fingerprint density at radius 3 is 2.53 bits per heavy atom. The molecule has 0 spiro atoms. The molecule has 1 unspecified atom stereocenters. The van der Waals surface area contributed by atoms with E-state index < -0.39 is 6.04 Å². The molecule has 32 heavy (non-hydrogen) atoms. The molecule has 5 nitrogen and oxygen atoms in total. The lowest BCUT2D eigenvalue weighted by Crippen LogP contribution is -2.46. The van der Waals surface area contributed by atoms with E-state index in [-0.39, 0.29) is 23.6 Å². The number of hydrogen-bond donors (Lipinski definition) is 1. The lowest BCUT2D eigenvalue weighted by atomic mass is 9.96. The molecule has 1 aromatic carbocycles. The first-order valence-corrected chi connectivity index (χ1v) is 12.0. The maximum atomic E-state index is 13.6. The molecule has 1 atom stereocenters. The van der Waals surface area contributed by atoms with Gasteiger partial charge in [0, 0.05) is 12.6 Å². The van der Waals surface area contributed by atoms with Crippen molar-refractivity contribution in [3.63, 3.8) is 0 Å². The van der Waals surface area contributed by atoms with Crippen molar-refractivity contribution in [1.29, 1.82) is 0 Å². The van der Waals surface area contributed by atoms with Crippen LogP contribution >= 0.6 is 0 Å². The highest BCUT2D eigenvalue weighted by Gasteiger charge is 2.34. The first kappa shape index (κ1) is 22.4. The van der Waals surface area contributed by atoms with Crippen molar-refractivity contribution in [2.75, 3.05) is 6.54 Å². The van der Waals surface area contributed by atoms with Crippen LogP contribution in [0.3, 0.4) is 0 Å². The average molecular weight is 435 g/mol. The molecule has 4 rings (SSSR count). The number of carbonyl (C=O) groups excluding carboxylic acids is 2. The van der Waals surface area contributed by atoms with E-state index in [9.17, 15) is 9.59 Å². The van der Waals surface area contributed by atoms with Crippen molar-refractivity contribution < 1.29 is 14.0 Å². The first-order valence-electron chi connectivity index (χ1n) is 12.0. The molecule has 0 radical (unpaired) electrons. The quantitative estimate of drug-likeness (QED) is 0.541. The number of carbonyl (C=O) groups is 2. The van der Waals surface area contributed by atoms with Crippen LogP contribution in [0.15, 0.2) is 58.7 Å². The summed E-state index contributed by atoms with van der Waals surface area (Å²) in [5.74, 6) is -0.0646. The van der Waals surface area contributed by atoms with E-state index in [1.165, 1.54) is 24.7 Å². The molecule has 5 heteroatoms. The number of nitrogens with zero attached hydrogens (tertiary/aromatic N) is 1. The fourth-order valence-corrected chi connectivity index (χ4v) is 4.86. The van der Waals surface area contributed by atoms with Gasteiger partial charge >= 0.3 is 0 Å². The summed E-state index contributed by atoms with van der Waals surface area (Å²) < 4.78 is 5.45. The van der Waals surface area contributed by atoms with E-state index in [1.54, 1.807) is 17.0 Å². The third kappa shape index (κ3) is 5.50. The molecule has 170 valence electrons. The molecule has 1 saturated carbocycles. The fraction of sp³-hybridized carbons (Fsp3) is 0.481. The Hall–Kier alpha value is -2.82. The molecule has 1 N–H and O–H groups in total. The fourth-order valence-electron chi connectivity index (χ4n) is 4.86. The predicted octanol–water partition coefficient (Wildman–Crippen LogP) is 5.72. The number of aryl methyl sites for hydroxylation is 1. The summed E-state index contributed by atoms with van der Waals surface area (Å²) in [6.45, 7) is 2.51. The van der Waals surface area contributed by atoms with Crippen LogP contribution in [0.2, 0.25) is 0 Å². The third-order valence-corrected chi connectivity index (χ3v) is 6.71. The molecule has 0 saturated heterocycles. The molecule has 2 aliphatic carbocycles. The van der Waals surface area contributed by atoms with Crippen molar-refractivity contribution in [2.45, 2.75) is 76.8 Å². The van der Waals surface area contributed by atoms with Gasteiger partial charge < -0.3 is 14.6 Å². The largest absolute Gasteiger partial charge is 0.459 e. The van der Waals surface area contributed by atoms with Crippen LogP contribution in [0.4, 0.5) is 0 Å². The summed E-state index contributed by atoms with van der Waals surface area (Å²) >= 11 is 0. The molecule has 2 amide bonds. The standard InChI is InChI=1S/C27H34N2O3/c1-20-13-15-22(16-14-20)25(26(30)28-23-10-5-6-11-23)29(27(31)24-12-7-19-32-24)18-17-21-8-3-2-4-9-21/h7-8,12-16,19,23,25H,2-6,9-11,17-18H2,1H3,(H,28,30). The van der Waals surface area contributed by atoms with Gasteiger partial charge in [-0.05, 0) is 69.6 Å². The molecule has 0 aliphatic heterocycles. The number of amides is 2. The summed E-state index contributed by atoms with van der Waals surface area (Å²) in [6, 6.07) is 10.8. The minimum atomic E-state index is -0.682. The monoisotopic (exact) mass is 434 g/mol. The Morgan fingerprint density at radius 2 is 1.88 bits per heavy atom. The van der Waals surface area contributed by atoms with Gasteiger partial charge in [0.1, 0.15) is 6.04 Å². The van der Waals surface area contributed by atoms with Gasteiger partial charge in [-0.3, -0.25) is 9.59 Å². The van der Waals surface area contributed by atoms with Gasteiger partial charge in [0.25, 0.3) is 5.91 Å². The van der Waals surface area contributed by atoms with E-state index in [1.807, 2.05) is 31.2 Å². The smallest absolute Gasteiger partial charge is 0.290 e. The van der Waals surface area contributed by atoms with Crippen LogP contribution in [0, 0.1) is 6.92 Å². The zero-order chi connectivity index (χ0) is 22.3. The summed E-state index contributed by atoms with van der Waals surface area (Å²) in [6.07, 6.45) is 13.5. The van der Waals surface area contributed by atoms with Crippen molar-refractivity contribution in [3.8, 4) is 0 Å². The second-order valence-corrected chi connectivity index (χ2v) is 9.14. The zero-order valence-corrected chi connectivity index (χ0v) is 19.0. The van der Waals surface area contributed by atoms with Crippen molar-refractivity contribution in [3.05, 3.63) is 71.2 Å². The van der Waals surface area contributed by atoms with Crippen LogP contribution in [-0.2, 0) is 4.79 Å². The molecule has 2 aliphatic rings. The maximum absolute atomic E-state index is 13.6. The number of hydrogen-bond acceptors (Lipinski definition) is 3. The second-order valence-electron chi connectivity index (χ2n) is 9.14. The Bertz CT molecular complexity index is 924. The van der Waals surface area contributed by atoms with Crippen molar-refractivity contribution in [2.24, 2.45) is 0 Å². The van der Waals surface area contributed by atoms with Gasteiger partial charge in [-0.1, -0.05) is 54.3 Å². The molecular formula is C27H34N2O3. The predicted molar refractivity (Wildman–Crippen MR) is 125 cm³/mol. The minimum Gasteiger partial charge on any atom is -0.459 e. The molecule has 0 bridgehead atoms. The molecular weight excluding hydrogens is 400 g/mol. The average Bonchev–Trinajstić information content (AvgIpc) is 3.52. The summed E-state index contributed by atoms with van der Waals surface area (Å²) in [5, 5.41) is 3.23. The lowest BCUT2D eigenvalue weighted by Gasteiger charge is -2.32. The van der Waals surface area contributed by atoms with E-state index in [0.717, 1.165) is 56.1 Å². The maximum Gasteiger partial charge on any atom is 0.290 e. The van der Waals surface area contributed by atoms with Gasteiger partial charge in [-0.15, -0.1) is 0 Å². The Labute approximate surface area is 190 Å². The molecule has 1 aromatic heterocycles. The van der Waals surface area contributed by atoms with E-state index in [4.69, 9.17) is 4.42 Å². The first-order chi connectivity index (χ1) is 15.6. The van der Waals surface area contributed by atoms with Crippen LogP contribution in [0.1, 0.15) is 85.5 Å². The Balaban J connectivity index is 1.64.